The van der Waals surface area contributed by atoms with Gasteiger partial charge < -0.3 is 4.90 Å². The Labute approximate surface area is 179 Å². The molecule has 2 aromatic rings. The first-order chi connectivity index (χ1) is 13.5. The molecular weight excluding hydrogens is 406 g/mol. The van der Waals surface area contributed by atoms with E-state index in [-0.39, 0.29) is 22.9 Å². The third-order valence-corrected chi connectivity index (χ3v) is 8.02. The monoisotopic (exact) mass is 437 g/mol. The van der Waals surface area contributed by atoms with Gasteiger partial charge in [-0.3, -0.25) is 8.77 Å². The summed E-state index contributed by atoms with van der Waals surface area (Å²) >= 11 is 4.51. The van der Waals surface area contributed by atoms with Crippen LogP contribution in [0.4, 0.5) is 0 Å². The first-order valence-corrected chi connectivity index (χ1v) is 12.1. The third kappa shape index (κ3) is 4.20. The summed E-state index contributed by atoms with van der Waals surface area (Å²) in [4.78, 5) is 15.2. The number of nitrogens with zero attached hydrogens (tertiary/aromatic N) is 3. The standard InChI is InChI=1S/C21H31N3O3S2/c1-14(2)23(15(3)4)21(25)20-13-17-12-18(6-7-19(17)24(20)28)29(26,27)22-10-8-16(5)9-11-22/h6-7,12-16,28H,8-11H2,1-5H3. The molecule has 2 heterocycles. The van der Waals surface area contributed by atoms with Crippen LogP contribution in [0.1, 0.15) is 57.9 Å². The molecule has 1 amide bonds. The lowest BCUT2D eigenvalue weighted by atomic mass is 10.0. The Morgan fingerprint density at radius 1 is 1.10 bits per heavy atom. The summed E-state index contributed by atoms with van der Waals surface area (Å²) in [5, 5.41) is 0.697. The van der Waals surface area contributed by atoms with E-state index in [1.54, 1.807) is 37.4 Å². The summed E-state index contributed by atoms with van der Waals surface area (Å²) in [6, 6.07) is 6.83. The molecule has 8 heteroatoms. The zero-order chi connectivity index (χ0) is 21.5. The van der Waals surface area contributed by atoms with Crippen molar-refractivity contribution in [3.05, 3.63) is 30.0 Å². The van der Waals surface area contributed by atoms with Crippen molar-refractivity contribution in [3.8, 4) is 0 Å². The Hall–Kier alpha value is -1.51. The van der Waals surface area contributed by atoms with E-state index in [1.807, 2.05) is 27.7 Å². The van der Waals surface area contributed by atoms with Crippen LogP contribution in [-0.4, -0.2) is 52.7 Å². The van der Waals surface area contributed by atoms with Crippen molar-refractivity contribution in [2.45, 2.75) is 64.4 Å². The van der Waals surface area contributed by atoms with Crippen molar-refractivity contribution in [1.29, 1.82) is 0 Å². The first-order valence-electron chi connectivity index (χ1n) is 10.2. The molecule has 0 bridgehead atoms. The van der Waals surface area contributed by atoms with Crippen molar-refractivity contribution in [2.24, 2.45) is 5.92 Å². The molecule has 0 unspecified atom stereocenters. The summed E-state index contributed by atoms with van der Waals surface area (Å²) in [6.07, 6.45) is 1.76. The van der Waals surface area contributed by atoms with E-state index in [1.165, 1.54) is 0 Å². The number of aromatic nitrogens is 1. The lowest BCUT2D eigenvalue weighted by Crippen LogP contribution is -2.42. The molecule has 6 nitrogen and oxygen atoms in total. The summed E-state index contributed by atoms with van der Waals surface area (Å²) in [5.41, 5.74) is 1.16. The maximum absolute atomic E-state index is 13.1. The van der Waals surface area contributed by atoms with E-state index in [2.05, 4.69) is 19.7 Å². The third-order valence-electron chi connectivity index (χ3n) is 5.69. The second-order valence-electron chi connectivity index (χ2n) is 8.55. The molecule has 160 valence electrons. The fraction of sp³-hybridized carbons (Fsp3) is 0.571. The van der Waals surface area contributed by atoms with Crippen LogP contribution >= 0.6 is 12.8 Å². The summed E-state index contributed by atoms with van der Waals surface area (Å²) in [6.45, 7) is 11.2. The van der Waals surface area contributed by atoms with Crippen LogP contribution in [0, 0.1) is 5.92 Å². The fourth-order valence-electron chi connectivity index (χ4n) is 4.06. The van der Waals surface area contributed by atoms with Crippen LogP contribution in [-0.2, 0) is 10.0 Å². The fourth-order valence-corrected chi connectivity index (χ4v) is 5.89. The highest BCUT2D eigenvalue weighted by molar-refractivity contribution is 7.89. The van der Waals surface area contributed by atoms with Crippen LogP contribution < -0.4 is 0 Å². The highest BCUT2D eigenvalue weighted by Gasteiger charge is 2.29. The number of rotatable bonds is 5. The van der Waals surface area contributed by atoms with Gasteiger partial charge in [0, 0.05) is 30.6 Å². The maximum Gasteiger partial charge on any atom is 0.271 e. The molecule has 0 spiro atoms. The zero-order valence-electron chi connectivity index (χ0n) is 17.8. The minimum Gasteiger partial charge on any atom is -0.332 e. The van der Waals surface area contributed by atoms with Gasteiger partial charge in [0.05, 0.1) is 10.4 Å². The van der Waals surface area contributed by atoms with Gasteiger partial charge >= 0.3 is 0 Å². The molecule has 0 aliphatic carbocycles. The molecule has 0 radical (unpaired) electrons. The summed E-state index contributed by atoms with van der Waals surface area (Å²) in [5.74, 6) is 0.441. The van der Waals surface area contributed by atoms with Crippen molar-refractivity contribution in [1.82, 2.24) is 13.2 Å². The van der Waals surface area contributed by atoms with Crippen molar-refractivity contribution < 1.29 is 13.2 Å². The lowest BCUT2D eigenvalue weighted by Gasteiger charge is -2.30. The predicted octanol–water partition coefficient (Wildman–Crippen LogP) is 4.01. The average molecular weight is 438 g/mol. The Balaban J connectivity index is 1.98. The van der Waals surface area contributed by atoms with Crippen LogP contribution in [0.25, 0.3) is 10.9 Å². The van der Waals surface area contributed by atoms with Crippen molar-refractivity contribution >= 4 is 39.6 Å². The van der Waals surface area contributed by atoms with Crippen LogP contribution in [0.2, 0.25) is 0 Å². The van der Waals surface area contributed by atoms with Crippen LogP contribution in [0.5, 0.6) is 0 Å². The van der Waals surface area contributed by atoms with Gasteiger partial charge in [-0.1, -0.05) is 19.7 Å². The predicted molar refractivity (Wildman–Crippen MR) is 120 cm³/mol. The molecule has 1 aromatic heterocycles. The molecule has 1 aromatic carbocycles. The second kappa shape index (κ2) is 8.32. The molecule has 3 rings (SSSR count). The number of hydrogen-bond acceptors (Lipinski definition) is 4. The number of sulfonamides is 1. The molecule has 0 saturated carbocycles. The Morgan fingerprint density at radius 2 is 1.69 bits per heavy atom. The number of carbonyl (C=O) groups is 1. The highest BCUT2D eigenvalue weighted by atomic mass is 32.2. The maximum atomic E-state index is 13.1. The van der Waals surface area contributed by atoms with Gasteiger partial charge in [-0.05, 0) is 70.7 Å². The highest BCUT2D eigenvalue weighted by Crippen LogP contribution is 2.29. The molecule has 1 aliphatic heterocycles. The van der Waals surface area contributed by atoms with Gasteiger partial charge in [-0.15, -0.1) is 0 Å². The second-order valence-corrected chi connectivity index (χ2v) is 10.9. The molecule has 29 heavy (non-hydrogen) atoms. The number of benzene rings is 1. The van der Waals surface area contributed by atoms with Gasteiger partial charge in [0.1, 0.15) is 5.69 Å². The smallest absolute Gasteiger partial charge is 0.271 e. The van der Waals surface area contributed by atoms with E-state index in [0.29, 0.717) is 30.1 Å². The normalized spacial score (nSPS) is 16.8. The molecule has 0 atom stereocenters. The lowest BCUT2D eigenvalue weighted by molar-refractivity contribution is 0.0637. The van der Waals surface area contributed by atoms with Crippen LogP contribution in [0.15, 0.2) is 29.2 Å². The minimum atomic E-state index is -3.54. The van der Waals surface area contributed by atoms with Gasteiger partial charge in [0.15, 0.2) is 0 Å². The van der Waals surface area contributed by atoms with Crippen molar-refractivity contribution in [2.75, 3.05) is 13.1 Å². The minimum absolute atomic E-state index is 0.0475. The number of thiol groups is 1. The molecule has 0 N–H and O–H groups in total. The van der Waals surface area contributed by atoms with E-state index < -0.39 is 10.0 Å². The largest absolute Gasteiger partial charge is 0.332 e. The number of amides is 1. The van der Waals surface area contributed by atoms with Gasteiger partial charge in [0.2, 0.25) is 10.0 Å². The van der Waals surface area contributed by atoms with E-state index in [4.69, 9.17) is 0 Å². The first kappa shape index (κ1) is 22.2. The van der Waals surface area contributed by atoms with E-state index >= 15 is 0 Å². The number of hydrogen-bond donors (Lipinski definition) is 1. The zero-order valence-corrected chi connectivity index (χ0v) is 19.5. The van der Waals surface area contributed by atoms with E-state index in [9.17, 15) is 13.2 Å². The molecule has 1 fully saturated rings. The topological polar surface area (TPSA) is 62.6 Å². The average Bonchev–Trinajstić information content (AvgIpc) is 2.97. The Kier molecular flexibility index (Phi) is 6.36. The number of piperidine rings is 1. The Morgan fingerprint density at radius 3 is 2.24 bits per heavy atom. The van der Waals surface area contributed by atoms with Gasteiger partial charge in [-0.25, -0.2) is 8.42 Å². The number of carbonyl (C=O) groups excluding carboxylic acids is 1. The molecule has 1 aliphatic rings. The van der Waals surface area contributed by atoms with Gasteiger partial charge in [0.25, 0.3) is 5.91 Å². The van der Waals surface area contributed by atoms with Gasteiger partial charge in [-0.2, -0.15) is 4.31 Å². The Bertz CT molecular complexity index is 996. The molecular formula is C21H31N3O3S2. The SMILES string of the molecule is CC1CCN(S(=O)(=O)c2ccc3c(c2)cc(C(=O)N(C(C)C)C(C)C)n3S)CC1. The summed E-state index contributed by atoms with van der Waals surface area (Å²) in [7, 11) is -3.54. The molecule has 1 saturated heterocycles. The van der Waals surface area contributed by atoms with Crippen molar-refractivity contribution in [3.63, 3.8) is 0 Å². The van der Waals surface area contributed by atoms with Crippen LogP contribution in [0.3, 0.4) is 0 Å². The van der Waals surface area contributed by atoms with E-state index in [0.717, 1.165) is 18.4 Å². The summed E-state index contributed by atoms with van der Waals surface area (Å²) < 4.78 is 29.3. The quantitative estimate of drug-likeness (QED) is 0.719. The number of fused-ring (bicyclic) bond motifs is 1.